The van der Waals surface area contributed by atoms with Crippen molar-refractivity contribution < 1.29 is 9.53 Å². The Kier molecular flexibility index (Phi) is 6.58. The van der Waals surface area contributed by atoms with E-state index in [-0.39, 0.29) is 5.91 Å². The van der Waals surface area contributed by atoms with E-state index >= 15 is 0 Å². The Balaban J connectivity index is 1.61. The molecule has 0 radical (unpaired) electrons. The first-order chi connectivity index (χ1) is 15.0. The predicted molar refractivity (Wildman–Crippen MR) is 123 cm³/mol. The molecule has 7 nitrogen and oxygen atoms in total. The summed E-state index contributed by atoms with van der Waals surface area (Å²) in [6.07, 6.45) is 4.09. The number of aryl methyl sites for hydroxylation is 3. The maximum atomic E-state index is 12.7. The molecule has 1 aliphatic heterocycles. The lowest BCUT2D eigenvalue weighted by molar-refractivity contribution is 0.102. The number of nitrogens with zero attached hydrogens (tertiary/aromatic N) is 4. The maximum absolute atomic E-state index is 12.7. The van der Waals surface area contributed by atoms with Crippen LogP contribution in [0.5, 0.6) is 5.75 Å². The van der Waals surface area contributed by atoms with Gasteiger partial charge in [-0.15, -0.1) is 11.3 Å². The lowest BCUT2D eigenvalue weighted by Gasteiger charge is -2.18. The average Bonchev–Trinajstić information content (AvgIpc) is 3.41. The number of thiazole rings is 1. The second-order valence-corrected chi connectivity index (χ2v) is 8.80. The van der Waals surface area contributed by atoms with Crippen molar-refractivity contribution in [2.24, 2.45) is 0 Å². The van der Waals surface area contributed by atoms with Crippen LogP contribution < -0.4 is 10.1 Å². The number of aromatic nitrogens is 3. The van der Waals surface area contributed by atoms with Crippen LogP contribution >= 0.6 is 11.3 Å². The summed E-state index contributed by atoms with van der Waals surface area (Å²) < 4.78 is 6.19. The number of hydrogen-bond donors (Lipinski definition) is 1. The Morgan fingerprint density at radius 1 is 1.13 bits per heavy atom. The highest BCUT2D eigenvalue weighted by atomic mass is 32.1. The van der Waals surface area contributed by atoms with Gasteiger partial charge in [0.1, 0.15) is 24.4 Å². The van der Waals surface area contributed by atoms with Crippen molar-refractivity contribution in [1.82, 2.24) is 19.9 Å². The van der Waals surface area contributed by atoms with Gasteiger partial charge >= 0.3 is 0 Å². The van der Waals surface area contributed by atoms with E-state index in [0.717, 1.165) is 52.8 Å². The molecular formula is C23H27N5O2S. The second kappa shape index (κ2) is 9.53. The number of carbonyl (C=O) groups is 1. The number of rotatable bonds is 7. The first-order valence-electron chi connectivity index (χ1n) is 10.5. The van der Waals surface area contributed by atoms with Crippen LogP contribution in [0.4, 0.5) is 5.69 Å². The normalized spacial score (nSPS) is 14.0. The number of likely N-dealkylation sites (tertiary alicyclic amines) is 1. The van der Waals surface area contributed by atoms with Gasteiger partial charge in [0.15, 0.2) is 0 Å². The Hall–Kier alpha value is -2.84. The van der Waals surface area contributed by atoms with Gasteiger partial charge in [-0.3, -0.25) is 9.69 Å². The Morgan fingerprint density at radius 3 is 2.55 bits per heavy atom. The first-order valence-corrected chi connectivity index (χ1v) is 11.4. The summed E-state index contributed by atoms with van der Waals surface area (Å²) in [6, 6.07) is 5.71. The van der Waals surface area contributed by atoms with Crippen molar-refractivity contribution in [3.63, 3.8) is 0 Å². The van der Waals surface area contributed by atoms with Gasteiger partial charge in [-0.05, 0) is 64.9 Å². The highest BCUT2D eigenvalue weighted by Gasteiger charge is 2.18. The average molecular weight is 438 g/mol. The van der Waals surface area contributed by atoms with Crippen molar-refractivity contribution in [1.29, 1.82) is 0 Å². The lowest BCUT2D eigenvalue weighted by atomic mass is 10.0. The van der Waals surface area contributed by atoms with Crippen LogP contribution in [-0.2, 0) is 0 Å². The van der Waals surface area contributed by atoms with Crippen LogP contribution in [0.1, 0.15) is 39.6 Å². The molecule has 1 aliphatic rings. The van der Waals surface area contributed by atoms with Crippen molar-refractivity contribution in [3.8, 4) is 16.9 Å². The van der Waals surface area contributed by atoms with Crippen molar-refractivity contribution in [3.05, 3.63) is 52.0 Å². The topological polar surface area (TPSA) is 80.2 Å². The van der Waals surface area contributed by atoms with Gasteiger partial charge in [-0.25, -0.2) is 15.0 Å². The quantitative estimate of drug-likeness (QED) is 0.595. The third-order valence-electron chi connectivity index (χ3n) is 5.56. The fraction of sp³-hybridized carbons (Fsp3) is 0.391. The summed E-state index contributed by atoms with van der Waals surface area (Å²) in [5.74, 6) is 0.549. The predicted octanol–water partition coefficient (Wildman–Crippen LogP) is 4.25. The fourth-order valence-electron chi connectivity index (χ4n) is 3.92. The lowest BCUT2D eigenvalue weighted by Crippen LogP contribution is -2.25. The second-order valence-electron chi connectivity index (χ2n) is 7.74. The molecule has 1 aromatic carbocycles. The third-order valence-corrected chi connectivity index (χ3v) is 6.31. The SMILES string of the molecule is Cc1ncnc(C)c1-c1cc(NC(=O)c2ncsc2C)ccc1OCCN1CCCC1. The molecule has 4 rings (SSSR count). The monoisotopic (exact) mass is 437 g/mol. The molecule has 1 N–H and O–H groups in total. The van der Waals surface area contributed by atoms with Gasteiger partial charge in [0.05, 0.1) is 5.51 Å². The summed E-state index contributed by atoms with van der Waals surface area (Å²) >= 11 is 1.46. The molecule has 0 bridgehead atoms. The maximum Gasteiger partial charge on any atom is 0.275 e. The molecule has 0 unspecified atom stereocenters. The molecule has 3 heterocycles. The number of ether oxygens (including phenoxy) is 1. The Bertz CT molecular complexity index is 1060. The van der Waals surface area contributed by atoms with Gasteiger partial charge in [0.25, 0.3) is 5.91 Å². The van der Waals surface area contributed by atoms with Crippen LogP contribution in [0.15, 0.2) is 30.0 Å². The van der Waals surface area contributed by atoms with E-state index in [1.807, 2.05) is 39.0 Å². The molecule has 1 saturated heterocycles. The fourth-order valence-corrected chi connectivity index (χ4v) is 4.49. The zero-order valence-electron chi connectivity index (χ0n) is 18.1. The van der Waals surface area contributed by atoms with E-state index in [1.54, 1.807) is 11.8 Å². The van der Waals surface area contributed by atoms with Crippen molar-refractivity contribution in [2.75, 3.05) is 31.6 Å². The Labute approximate surface area is 186 Å². The number of hydrogen-bond acceptors (Lipinski definition) is 7. The number of carbonyl (C=O) groups excluding carboxylic acids is 1. The summed E-state index contributed by atoms with van der Waals surface area (Å²) in [6.45, 7) is 9.61. The first kappa shape index (κ1) is 21.4. The van der Waals surface area contributed by atoms with E-state index in [4.69, 9.17) is 4.74 Å². The number of benzene rings is 1. The van der Waals surface area contributed by atoms with Gasteiger partial charge < -0.3 is 10.1 Å². The van der Waals surface area contributed by atoms with Gasteiger partial charge in [-0.1, -0.05) is 0 Å². The molecule has 162 valence electrons. The van der Waals surface area contributed by atoms with Crippen LogP contribution in [0.2, 0.25) is 0 Å². The summed E-state index contributed by atoms with van der Waals surface area (Å²) in [5, 5.41) is 2.96. The van der Waals surface area contributed by atoms with Crippen molar-refractivity contribution in [2.45, 2.75) is 33.6 Å². The van der Waals surface area contributed by atoms with E-state index in [2.05, 4.69) is 25.2 Å². The van der Waals surface area contributed by atoms with E-state index in [0.29, 0.717) is 18.0 Å². The molecular weight excluding hydrogens is 410 g/mol. The van der Waals surface area contributed by atoms with Gasteiger partial charge in [-0.2, -0.15) is 0 Å². The molecule has 0 saturated carbocycles. The minimum Gasteiger partial charge on any atom is -0.492 e. The molecule has 2 aromatic heterocycles. The van der Waals surface area contributed by atoms with E-state index < -0.39 is 0 Å². The largest absolute Gasteiger partial charge is 0.492 e. The van der Waals surface area contributed by atoms with Crippen molar-refractivity contribution >= 4 is 22.9 Å². The minimum absolute atomic E-state index is 0.217. The minimum atomic E-state index is -0.217. The smallest absolute Gasteiger partial charge is 0.275 e. The number of amides is 1. The van der Waals surface area contributed by atoms with Crippen LogP contribution in [0.25, 0.3) is 11.1 Å². The zero-order valence-corrected chi connectivity index (χ0v) is 19.0. The molecule has 31 heavy (non-hydrogen) atoms. The zero-order chi connectivity index (χ0) is 21.8. The molecule has 0 aliphatic carbocycles. The molecule has 3 aromatic rings. The Morgan fingerprint density at radius 2 is 1.87 bits per heavy atom. The summed E-state index contributed by atoms with van der Waals surface area (Å²) in [5.41, 5.74) is 6.37. The molecule has 0 atom stereocenters. The molecule has 1 fully saturated rings. The van der Waals surface area contributed by atoms with E-state index in [1.165, 1.54) is 24.2 Å². The summed E-state index contributed by atoms with van der Waals surface area (Å²) in [7, 11) is 0. The van der Waals surface area contributed by atoms with Crippen LogP contribution in [-0.4, -0.2) is 52.0 Å². The molecule has 1 amide bonds. The van der Waals surface area contributed by atoms with Gasteiger partial charge in [0, 0.05) is 39.6 Å². The summed E-state index contributed by atoms with van der Waals surface area (Å²) in [4.78, 5) is 28.9. The van der Waals surface area contributed by atoms with E-state index in [9.17, 15) is 4.79 Å². The van der Waals surface area contributed by atoms with Crippen LogP contribution in [0.3, 0.4) is 0 Å². The number of nitrogens with one attached hydrogen (secondary N) is 1. The highest BCUT2D eigenvalue weighted by Crippen LogP contribution is 2.35. The van der Waals surface area contributed by atoms with Crippen LogP contribution in [0, 0.1) is 20.8 Å². The third kappa shape index (κ3) is 4.91. The van der Waals surface area contributed by atoms with Gasteiger partial charge in [0.2, 0.25) is 0 Å². The molecule has 8 heteroatoms. The highest BCUT2D eigenvalue weighted by molar-refractivity contribution is 7.09. The standard InChI is InChI=1S/C23H27N5O2S/c1-15-21(16(2)25-13-24-15)19-12-18(27-23(29)22-17(3)31-14-26-22)6-7-20(19)30-11-10-28-8-4-5-9-28/h6-7,12-14H,4-5,8-11H2,1-3H3,(H,27,29). The number of anilines is 1. The molecule has 0 spiro atoms.